The van der Waals surface area contributed by atoms with Crippen LogP contribution < -0.4 is 13.8 Å². The summed E-state index contributed by atoms with van der Waals surface area (Å²) in [5.41, 5.74) is 2.87. The van der Waals surface area contributed by atoms with Gasteiger partial charge in [0.25, 0.3) is 5.91 Å². The number of amides is 1. The van der Waals surface area contributed by atoms with Gasteiger partial charge in [0.1, 0.15) is 15.6 Å². The van der Waals surface area contributed by atoms with Crippen molar-refractivity contribution in [1.29, 1.82) is 0 Å². The molecule has 0 fully saturated rings. The highest BCUT2D eigenvalue weighted by atomic mass is 35.5. The molecule has 0 aliphatic carbocycles. The molecule has 0 spiro atoms. The van der Waals surface area contributed by atoms with Crippen molar-refractivity contribution < 1.29 is 22.1 Å². The van der Waals surface area contributed by atoms with Gasteiger partial charge in [0.2, 0.25) is 0 Å². The topological polar surface area (TPSA) is 85.8 Å². The second kappa shape index (κ2) is 9.93. The van der Waals surface area contributed by atoms with E-state index in [2.05, 4.69) is 4.98 Å². The number of thiazole rings is 1. The summed E-state index contributed by atoms with van der Waals surface area (Å²) < 4.78 is 35.9. The molecule has 10 heteroatoms. The molecule has 0 saturated heterocycles. The lowest BCUT2D eigenvalue weighted by Gasteiger charge is -2.26. The van der Waals surface area contributed by atoms with Gasteiger partial charge in [0.05, 0.1) is 12.8 Å². The summed E-state index contributed by atoms with van der Waals surface area (Å²) in [6.45, 7) is 0.436. The van der Waals surface area contributed by atoms with E-state index in [9.17, 15) is 13.2 Å². The van der Waals surface area contributed by atoms with E-state index in [-0.39, 0.29) is 23.2 Å². The zero-order valence-electron chi connectivity index (χ0n) is 19.2. The predicted molar refractivity (Wildman–Crippen MR) is 141 cm³/mol. The minimum absolute atomic E-state index is 0.0603. The van der Waals surface area contributed by atoms with Crippen LogP contribution in [0.4, 0.5) is 5.69 Å². The maximum Gasteiger partial charge on any atom is 0.313 e. The Labute approximate surface area is 218 Å². The highest BCUT2D eigenvalue weighted by Crippen LogP contribution is 2.37. The number of anilines is 1. The minimum atomic E-state index is -3.91. The van der Waals surface area contributed by atoms with Gasteiger partial charge in [-0.05, 0) is 29.8 Å². The number of fused-ring (bicyclic) bond motifs is 1. The van der Waals surface area contributed by atoms with Gasteiger partial charge in [-0.1, -0.05) is 54.1 Å². The molecule has 1 amide bonds. The molecular weight excluding hydrogens is 520 g/mol. The predicted octanol–water partition coefficient (Wildman–Crippen LogP) is 5.58. The van der Waals surface area contributed by atoms with Crippen LogP contribution in [0, 0.1) is 0 Å². The van der Waals surface area contributed by atoms with E-state index >= 15 is 0 Å². The Bertz CT molecular complexity index is 1520. The molecule has 184 valence electrons. The van der Waals surface area contributed by atoms with Crippen LogP contribution in [0.3, 0.4) is 0 Å². The molecule has 5 rings (SSSR count). The lowest BCUT2D eigenvalue weighted by molar-refractivity contribution is 0.0984. The number of nitrogens with zero attached hydrogens (tertiary/aromatic N) is 2. The highest BCUT2D eigenvalue weighted by molar-refractivity contribution is 7.86. The molecule has 2 heterocycles. The molecule has 0 saturated carbocycles. The largest absolute Gasteiger partial charge is 0.493 e. The SMILES string of the molecule is COc1cc(N2CCc3nc(-c4ccc(Cl)cc4)sc3C2=O)ccc1OS(=O)(=O)Cc1ccccc1. The molecule has 36 heavy (non-hydrogen) atoms. The smallest absolute Gasteiger partial charge is 0.313 e. The first kappa shape index (κ1) is 24.3. The van der Waals surface area contributed by atoms with Crippen molar-refractivity contribution in [3.8, 4) is 22.1 Å². The summed E-state index contributed by atoms with van der Waals surface area (Å²) in [6.07, 6.45) is 0.594. The van der Waals surface area contributed by atoms with E-state index in [0.29, 0.717) is 34.1 Å². The van der Waals surface area contributed by atoms with Crippen LogP contribution in [0.15, 0.2) is 72.8 Å². The fourth-order valence-electron chi connectivity index (χ4n) is 3.93. The first-order chi connectivity index (χ1) is 17.3. The Balaban J connectivity index is 1.37. The van der Waals surface area contributed by atoms with Gasteiger partial charge in [-0.2, -0.15) is 8.42 Å². The van der Waals surface area contributed by atoms with Gasteiger partial charge in [0.15, 0.2) is 11.5 Å². The first-order valence-electron chi connectivity index (χ1n) is 11.0. The molecule has 0 N–H and O–H groups in total. The fraction of sp³-hybridized carbons (Fsp3) is 0.154. The number of carbonyl (C=O) groups excluding carboxylic acids is 1. The Morgan fingerprint density at radius 3 is 2.50 bits per heavy atom. The number of benzene rings is 3. The Morgan fingerprint density at radius 2 is 1.78 bits per heavy atom. The van der Waals surface area contributed by atoms with Crippen molar-refractivity contribution >= 4 is 44.7 Å². The summed E-state index contributed by atoms with van der Waals surface area (Å²) in [4.78, 5) is 20.2. The van der Waals surface area contributed by atoms with E-state index < -0.39 is 10.1 Å². The van der Waals surface area contributed by atoms with Crippen LogP contribution in [0.1, 0.15) is 20.9 Å². The van der Waals surface area contributed by atoms with Crippen molar-refractivity contribution in [2.24, 2.45) is 0 Å². The number of hydrogen-bond donors (Lipinski definition) is 0. The van der Waals surface area contributed by atoms with Crippen LogP contribution >= 0.6 is 22.9 Å². The summed E-state index contributed by atoms with van der Waals surface area (Å²) >= 11 is 7.33. The maximum absolute atomic E-state index is 13.3. The third-order valence-electron chi connectivity index (χ3n) is 5.66. The van der Waals surface area contributed by atoms with E-state index in [0.717, 1.165) is 16.3 Å². The zero-order chi connectivity index (χ0) is 25.3. The van der Waals surface area contributed by atoms with Crippen molar-refractivity contribution in [1.82, 2.24) is 4.98 Å². The third kappa shape index (κ3) is 5.09. The van der Waals surface area contributed by atoms with Crippen LogP contribution in [0.2, 0.25) is 5.02 Å². The van der Waals surface area contributed by atoms with Crippen LogP contribution in [0.25, 0.3) is 10.6 Å². The second-order valence-corrected chi connectivity index (χ2v) is 11.1. The van der Waals surface area contributed by atoms with Crippen LogP contribution in [0.5, 0.6) is 11.5 Å². The number of halogens is 1. The molecule has 1 aliphatic heterocycles. The lowest BCUT2D eigenvalue weighted by Crippen LogP contribution is -2.36. The number of methoxy groups -OCH3 is 1. The van der Waals surface area contributed by atoms with E-state index in [4.69, 9.17) is 20.5 Å². The van der Waals surface area contributed by atoms with Gasteiger partial charge in [0, 0.05) is 35.3 Å². The van der Waals surface area contributed by atoms with Gasteiger partial charge < -0.3 is 13.8 Å². The molecule has 0 atom stereocenters. The van der Waals surface area contributed by atoms with Crippen molar-refractivity contribution in [2.45, 2.75) is 12.2 Å². The van der Waals surface area contributed by atoms with Crippen LogP contribution in [-0.4, -0.2) is 33.0 Å². The van der Waals surface area contributed by atoms with Crippen molar-refractivity contribution in [3.05, 3.63) is 94.0 Å². The molecule has 0 radical (unpaired) electrons. The van der Waals surface area contributed by atoms with Gasteiger partial charge in [-0.25, -0.2) is 4.98 Å². The molecule has 0 bridgehead atoms. The lowest BCUT2D eigenvalue weighted by atomic mass is 10.1. The molecule has 0 unspecified atom stereocenters. The van der Waals surface area contributed by atoms with Gasteiger partial charge in [-0.15, -0.1) is 11.3 Å². The average Bonchev–Trinajstić information content (AvgIpc) is 3.30. The number of ether oxygens (including phenoxy) is 1. The zero-order valence-corrected chi connectivity index (χ0v) is 21.6. The van der Waals surface area contributed by atoms with Crippen LogP contribution in [-0.2, 0) is 22.3 Å². The Kier molecular flexibility index (Phi) is 6.70. The summed E-state index contributed by atoms with van der Waals surface area (Å²) in [5, 5.41) is 1.40. The van der Waals surface area contributed by atoms with Crippen molar-refractivity contribution in [2.75, 3.05) is 18.6 Å². The van der Waals surface area contributed by atoms with E-state index in [1.165, 1.54) is 24.5 Å². The molecule has 1 aliphatic rings. The summed E-state index contributed by atoms with van der Waals surface area (Å²) in [7, 11) is -2.49. The number of rotatable bonds is 7. The number of aromatic nitrogens is 1. The number of carbonyl (C=O) groups is 1. The monoisotopic (exact) mass is 540 g/mol. The van der Waals surface area contributed by atoms with Gasteiger partial charge >= 0.3 is 10.1 Å². The molecule has 1 aromatic heterocycles. The Hall–Kier alpha value is -3.40. The Morgan fingerprint density at radius 1 is 1.03 bits per heavy atom. The second-order valence-electron chi connectivity index (χ2n) is 8.11. The first-order valence-corrected chi connectivity index (χ1v) is 13.8. The molecule has 3 aromatic carbocycles. The minimum Gasteiger partial charge on any atom is -0.493 e. The maximum atomic E-state index is 13.3. The average molecular weight is 541 g/mol. The van der Waals surface area contributed by atoms with E-state index in [1.807, 2.05) is 18.2 Å². The summed E-state index contributed by atoms with van der Waals surface area (Å²) in [5.74, 6) is -0.159. The molecule has 7 nitrogen and oxygen atoms in total. The molecular formula is C26H21ClN2O5S2. The quantitative estimate of drug-likeness (QED) is 0.284. The third-order valence-corrected chi connectivity index (χ3v) is 8.17. The normalized spacial score (nSPS) is 13.4. The number of hydrogen-bond acceptors (Lipinski definition) is 7. The summed E-state index contributed by atoms with van der Waals surface area (Å²) in [6, 6.07) is 20.9. The van der Waals surface area contributed by atoms with Crippen molar-refractivity contribution in [3.63, 3.8) is 0 Å². The fourth-order valence-corrected chi connectivity index (χ4v) is 6.19. The molecule has 4 aromatic rings. The highest BCUT2D eigenvalue weighted by Gasteiger charge is 2.30. The van der Waals surface area contributed by atoms with E-state index in [1.54, 1.807) is 53.4 Å². The standard InChI is InChI=1S/C26H21ClN2O5S2/c1-33-23-15-20(11-12-22(23)34-36(31,32)16-17-5-3-2-4-6-17)29-14-13-21-24(26(29)30)35-25(28-21)18-7-9-19(27)10-8-18/h2-12,15H,13-14,16H2,1H3. The van der Waals surface area contributed by atoms with Gasteiger partial charge in [-0.3, -0.25) is 4.79 Å².